The average Bonchev–Trinajstić information content (AvgIpc) is 3.00. The maximum Gasteiger partial charge on any atom is 0.169 e. The second-order valence-corrected chi connectivity index (χ2v) is 4.36. The molecule has 0 aliphatic carbocycles. The summed E-state index contributed by atoms with van der Waals surface area (Å²) in [5.74, 6) is 1.15. The van der Waals surface area contributed by atoms with Crippen LogP contribution in [0.15, 0.2) is 34.9 Å². The van der Waals surface area contributed by atoms with Crippen molar-refractivity contribution in [3.05, 3.63) is 30.3 Å². The molecule has 17 heavy (non-hydrogen) atoms. The van der Waals surface area contributed by atoms with Crippen LogP contribution in [0.1, 0.15) is 12.8 Å². The Kier molecular flexibility index (Phi) is 2.48. The Labute approximate surface area is 100 Å². The van der Waals surface area contributed by atoms with Gasteiger partial charge in [-0.25, -0.2) is 0 Å². The van der Waals surface area contributed by atoms with E-state index in [1.165, 1.54) is 18.5 Å². The summed E-state index contributed by atoms with van der Waals surface area (Å²) in [6.45, 7) is 2.28. The summed E-state index contributed by atoms with van der Waals surface area (Å²) in [6, 6.07) is 10.1. The number of anilines is 2. The highest BCUT2D eigenvalue weighted by Crippen LogP contribution is 2.27. The number of benzene rings is 1. The molecule has 1 aromatic carbocycles. The first-order chi connectivity index (χ1) is 8.33. The summed E-state index contributed by atoms with van der Waals surface area (Å²) < 4.78 is 5.17. The first kappa shape index (κ1) is 10.2. The van der Waals surface area contributed by atoms with Crippen molar-refractivity contribution in [3.8, 4) is 11.3 Å². The van der Waals surface area contributed by atoms with Crippen molar-refractivity contribution in [1.82, 2.24) is 5.16 Å². The summed E-state index contributed by atoms with van der Waals surface area (Å²) in [7, 11) is 0. The molecule has 0 bridgehead atoms. The second-order valence-electron chi connectivity index (χ2n) is 4.36. The molecule has 1 saturated heterocycles. The smallest absolute Gasteiger partial charge is 0.169 e. The summed E-state index contributed by atoms with van der Waals surface area (Å²) in [4.78, 5) is 2.39. The maximum atomic E-state index is 5.56. The van der Waals surface area contributed by atoms with Crippen LogP contribution in [0.2, 0.25) is 0 Å². The zero-order chi connectivity index (χ0) is 11.7. The van der Waals surface area contributed by atoms with E-state index in [1.807, 2.05) is 12.1 Å². The molecule has 0 saturated carbocycles. The predicted molar refractivity (Wildman–Crippen MR) is 67.8 cm³/mol. The SMILES string of the molecule is Nc1cc(-c2cccc(N3CCCC3)c2)on1. The van der Waals surface area contributed by atoms with Gasteiger partial charge in [-0.15, -0.1) is 0 Å². The normalized spacial score (nSPS) is 15.4. The Bertz CT molecular complexity index is 515. The van der Waals surface area contributed by atoms with Gasteiger partial charge in [0.05, 0.1) is 0 Å². The van der Waals surface area contributed by atoms with Crippen LogP contribution >= 0.6 is 0 Å². The minimum atomic E-state index is 0.423. The molecule has 0 amide bonds. The van der Waals surface area contributed by atoms with Gasteiger partial charge < -0.3 is 15.2 Å². The summed E-state index contributed by atoms with van der Waals surface area (Å²) in [5.41, 5.74) is 7.83. The summed E-state index contributed by atoms with van der Waals surface area (Å²) in [5, 5.41) is 3.71. The molecule has 2 heterocycles. The van der Waals surface area contributed by atoms with Crippen LogP contribution in [0, 0.1) is 0 Å². The Balaban J connectivity index is 1.93. The number of rotatable bonds is 2. The second kappa shape index (κ2) is 4.13. The number of nitrogens with two attached hydrogens (primary N) is 1. The van der Waals surface area contributed by atoms with Crippen molar-refractivity contribution in [3.63, 3.8) is 0 Å². The third-order valence-electron chi connectivity index (χ3n) is 3.13. The molecule has 0 spiro atoms. The van der Waals surface area contributed by atoms with Crippen LogP contribution in [-0.2, 0) is 0 Å². The van der Waals surface area contributed by atoms with E-state index in [2.05, 4.69) is 22.2 Å². The number of nitrogens with zero attached hydrogens (tertiary/aromatic N) is 2. The third-order valence-corrected chi connectivity index (χ3v) is 3.13. The zero-order valence-electron chi connectivity index (χ0n) is 9.60. The summed E-state index contributed by atoms with van der Waals surface area (Å²) >= 11 is 0. The number of hydrogen-bond donors (Lipinski definition) is 1. The quantitative estimate of drug-likeness (QED) is 0.859. The van der Waals surface area contributed by atoms with E-state index < -0.39 is 0 Å². The predicted octanol–water partition coefficient (Wildman–Crippen LogP) is 2.52. The van der Waals surface area contributed by atoms with Gasteiger partial charge in [-0.3, -0.25) is 0 Å². The van der Waals surface area contributed by atoms with Gasteiger partial charge in [0.1, 0.15) is 0 Å². The molecule has 1 aliphatic heterocycles. The highest BCUT2D eigenvalue weighted by atomic mass is 16.5. The van der Waals surface area contributed by atoms with E-state index in [-0.39, 0.29) is 0 Å². The highest BCUT2D eigenvalue weighted by molar-refractivity contribution is 5.66. The van der Waals surface area contributed by atoms with Gasteiger partial charge in [-0.2, -0.15) is 0 Å². The fourth-order valence-electron chi connectivity index (χ4n) is 2.26. The molecular formula is C13H15N3O. The Morgan fingerprint density at radius 1 is 1.18 bits per heavy atom. The van der Waals surface area contributed by atoms with Crippen molar-refractivity contribution in [2.45, 2.75) is 12.8 Å². The van der Waals surface area contributed by atoms with Crippen LogP contribution in [0.25, 0.3) is 11.3 Å². The Morgan fingerprint density at radius 2 is 2.00 bits per heavy atom. The zero-order valence-corrected chi connectivity index (χ0v) is 9.60. The van der Waals surface area contributed by atoms with Gasteiger partial charge in [0.2, 0.25) is 0 Å². The molecule has 1 fully saturated rings. The maximum absolute atomic E-state index is 5.56. The van der Waals surface area contributed by atoms with E-state index in [1.54, 1.807) is 6.07 Å². The van der Waals surface area contributed by atoms with Crippen molar-refractivity contribution in [1.29, 1.82) is 0 Å². The van der Waals surface area contributed by atoms with Crippen LogP contribution in [0.4, 0.5) is 11.5 Å². The number of nitrogen functional groups attached to an aromatic ring is 1. The third kappa shape index (κ3) is 1.98. The van der Waals surface area contributed by atoms with E-state index in [0.29, 0.717) is 5.82 Å². The fraction of sp³-hybridized carbons (Fsp3) is 0.308. The van der Waals surface area contributed by atoms with Crippen molar-refractivity contribution in [2.24, 2.45) is 0 Å². The Hall–Kier alpha value is -1.97. The molecule has 0 radical (unpaired) electrons. The largest absolute Gasteiger partial charge is 0.381 e. The molecular weight excluding hydrogens is 214 g/mol. The minimum absolute atomic E-state index is 0.423. The van der Waals surface area contributed by atoms with Crippen molar-refractivity contribution < 1.29 is 4.52 Å². The van der Waals surface area contributed by atoms with E-state index in [0.717, 1.165) is 24.4 Å². The van der Waals surface area contributed by atoms with E-state index >= 15 is 0 Å². The molecule has 2 aromatic rings. The van der Waals surface area contributed by atoms with Crippen molar-refractivity contribution >= 4 is 11.5 Å². The van der Waals surface area contributed by atoms with Gasteiger partial charge in [-0.1, -0.05) is 17.3 Å². The molecule has 88 valence electrons. The molecule has 1 aromatic heterocycles. The van der Waals surface area contributed by atoms with Gasteiger partial charge in [0.25, 0.3) is 0 Å². The fourth-order valence-corrected chi connectivity index (χ4v) is 2.26. The molecule has 0 atom stereocenters. The minimum Gasteiger partial charge on any atom is -0.381 e. The Morgan fingerprint density at radius 3 is 2.71 bits per heavy atom. The summed E-state index contributed by atoms with van der Waals surface area (Å²) in [6.07, 6.45) is 2.55. The molecule has 3 rings (SSSR count). The van der Waals surface area contributed by atoms with Gasteiger partial charge in [0, 0.05) is 30.4 Å². The first-order valence-electron chi connectivity index (χ1n) is 5.90. The molecule has 1 aliphatic rings. The lowest BCUT2D eigenvalue weighted by atomic mass is 10.1. The van der Waals surface area contributed by atoms with Crippen LogP contribution in [-0.4, -0.2) is 18.2 Å². The highest BCUT2D eigenvalue weighted by Gasteiger charge is 2.13. The monoisotopic (exact) mass is 229 g/mol. The lowest BCUT2D eigenvalue weighted by molar-refractivity contribution is 0.436. The lowest BCUT2D eigenvalue weighted by Crippen LogP contribution is -2.17. The van der Waals surface area contributed by atoms with Gasteiger partial charge >= 0.3 is 0 Å². The standard InChI is InChI=1S/C13H15N3O/c14-13-9-12(17-15-13)10-4-3-5-11(8-10)16-6-1-2-7-16/h3-5,8-9H,1-2,6-7H2,(H2,14,15). The van der Waals surface area contributed by atoms with E-state index in [9.17, 15) is 0 Å². The van der Waals surface area contributed by atoms with Gasteiger partial charge in [-0.05, 0) is 25.0 Å². The molecule has 4 nitrogen and oxygen atoms in total. The van der Waals surface area contributed by atoms with Crippen LogP contribution in [0.5, 0.6) is 0 Å². The lowest BCUT2D eigenvalue weighted by Gasteiger charge is -2.17. The average molecular weight is 229 g/mol. The van der Waals surface area contributed by atoms with Gasteiger partial charge in [0.15, 0.2) is 11.6 Å². The van der Waals surface area contributed by atoms with Crippen LogP contribution < -0.4 is 10.6 Å². The van der Waals surface area contributed by atoms with E-state index in [4.69, 9.17) is 10.3 Å². The number of hydrogen-bond acceptors (Lipinski definition) is 4. The van der Waals surface area contributed by atoms with Crippen molar-refractivity contribution in [2.75, 3.05) is 23.7 Å². The number of aromatic nitrogens is 1. The molecule has 2 N–H and O–H groups in total. The molecule has 4 heteroatoms. The molecule has 0 unspecified atom stereocenters. The first-order valence-corrected chi connectivity index (χ1v) is 5.90. The van der Waals surface area contributed by atoms with Crippen LogP contribution in [0.3, 0.4) is 0 Å². The topological polar surface area (TPSA) is 55.3 Å².